The molecular formula is C26H31NO2. The topological polar surface area (TPSA) is 32.7 Å². The number of rotatable bonds is 9. The van der Waals surface area contributed by atoms with Crippen molar-refractivity contribution in [3.05, 3.63) is 95.6 Å². The van der Waals surface area contributed by atoms with Crippen LogP contribution >= 0.6 is 0 Å². The normalized spacial score (nSPS) is 13.2. The van der Waals surface area contributed by atoms with E-state index in [2.05, 4.69) is 72.5 Å². The summed E-state index contributed by atoms with van der Waals surface area (Å²) in [6.07, 6.45) is 1.01. The predicted octanol–water partition coefficient (Wildman–Crippen LogP) is 5.66. The summed E-state index contributed by atoms with van der Waals surface area (Å²) in [6.45, 7) is 3.79. The standard InChI is InChI=1S/C26H31NO2/c1-4-25(20-9-6-5-7-10-20)26(22-11-8-12-23(28)19-22)21-13-15-24(16-14-21)29-18-17-27(2)3/h5-16,19,25-26,28H,4,17-18H2,1-3H3/t25-,26-/m0/s1. The van der Waals surface area contributed by atoms with Crippen LogP contribution in [0.1, 0.15) is 41.9 Å². The molecule has 3 aromatic carbocycles. The van der Waals surface area contributed by atoms with Gasteiger partial charge in [0.15, 0.2) is 0 Å². The minimum absolute atomic E-state index is 0.158. The molecule has 0 amide bonds. The third kappa shape index (κ3) is 5.61. The smallest absolute Gasteiger partial charge is 0.119 e. The van der Waals surface area contributed by atoms with Gasteiger partial charge >= 0.3 is 0 Å². The molecule has 3 rings (SSSR count). The van der Waals surface area contributed by atoms with Crippen molar-refractivity contribution in [1.29, 1.82) is 0 Å². The maximum absolute atomic E-state index is 10.1. The first kappa shape index (κ1) is 20.9. The Labute approximate surface area is 174 Å². The number of hydrogen-bond acceptors (Lipinski definition) is 3. The van der Waals surface area contributed by atoms with Crippen LogP contribution < -0.4 is 4.74 Å². The van der Waals surface area contributed by atoms with Crippen LogP contribution in [0.3, 0.4) is 0 Å². The Morgan fingerprint density at radius 1 is 0.828 bits per heavy atom. The Bertz CT molecular complexity index is 875. The van der Waals surface area contributed by atoms with Gasteiger partial charge in [-0.15, -0.1) is 0 Å². The van der Waals surface area contributed by atoms with Crippen LogP contribution in [0, 0.1) is 0 Å². The molecular weight excluding hydrogens is 358 g/mol. The Hall–Kier alpha value is -2.78. The molecule has 0 bridgehead atoms. The van der Waals surface area contributed by atoms with E-state index in [9.17, 15) is 5.11 Å². The average molecular weight is 390 g/mol. The average Bonchev–Trinajstić information content (AvgIpc) is 2.73. The predicted molar refractivity (Wildman–Crippen MR) is 120 cm³/mol. The Balaban J connectivity index is 1.93. The number of nitrogens with zero attached hydrogens (tertiary/aromatic N) is 1. The van der Waals surface area contributed by atoms with Gasteiger partial charge in [-0.3, -0.25) is 0 Å². The van der Waals surface area contributed by atoms with Crippen molar-refractivity contribution in [3.63, 3.8) is 0 Å². The second kappa shape index (κ2) is 10.1. The van der Waals surface area contributed by atoms with Gasteiger partial charge < -0.3 is 14.7 Å². The SMILES string of the molecule is CC[C@@H](c1ccccc1)[C@@H](c1ccc(OCCN(C)C)cc1)c1cccc(O)c1. The van der Waals surface area contributed by atoms with Crippen LogP contribution in [0.2, 0.25) is 0 Å². The molecule has 0 fully saturated rings. The van der Waals surface area contributed by atoms with Crippen LogP contribution in [0.4, 0.5) is 0 Å². The van der Waals surface area contributed by atoms with Crippen LogP contribution in [0.5, 0.6) is 11.5 Å². The number of ether oxygens (including phenoxy) is 1. The molecule has 0 saturated carbocycles. The van der Waals surface area contributed by atoms with Gasteiger partial charge in [-0.25, -0.2) is 0 Å². The van der Waals surface area contributed by atoms with E-state index in [1.54, 1.807) is 6.07 Å². The van der Waals surface area contributed by atoms with Gasteiger partial charge in [0, 0.05) is 12.5 Å². The first-order chi connectivity index (χ1) is 14.1. The van der Waals surface area contributed by atoms with E-state index < -0.39 is 0 Å². The lowest BCUT2D eigenvalue weighted by molar-refractivity contribution is 0.261. The number of benzene rings is 3. The van der Waals surface area contributed by atoms with Crippen molar-refractivity contribution in [2.45, 2.75) is 25.2 Å². The summed E-state index contributed by atoms with van der Waals surface area (Å²) < 4.78 is 5.87. The van der Waals surface area contributed by atoms with E-state index in [0.717, 1.165) is 24.3 Å². The molecule has 0 unspecified atom stereocenters. The first-order valence-electron chi connectivity index (χ1n) is 10.3. The van der Waals surface area contributed by atoms with Crippen LogP contribution in [0.25, 0.3) is 0 Å². The van der Waals surface area contributed by atoms with Crippen molar-refractivity contribution in [2.75, 3.05) is 27.2 Å². The monoisotopic (exact) mass is 389 g/mol. The molecule has 3 nitrogen and oxygen atoms in total. The highest BCUT2D eigenvalue weighted by Gasteiger charge is 2.25. The molecule has 1 N–H and O–H groups in total. The van der Waals surface area contributed by atoms with E-state index in [1.165, 1.54) is 11.1 Å². The van der Waals surface area contributed by atoms with Crippen LogP contribution in [0.15, 0.2) is 78.9 Å². The Morgan fingerprint density at radius 3 is 2.14 bits per heavy atom. The molecule has 0 aromatic heterocycles. The van der Waals surface area contributed by atoms with Gasteiger partial charge in [0.25, 0.3) is 0 Å². The van der Waals surface area contributed by atoms with E-state index >= 15 is 0 Å². The lowest BCUT2D eigenvalue weighted by Crippen LogP contribution is -2.19. The minimum atomic E-state index is 0.158. The van der Waals surface area contributed by atoms with Gasteiger partial charge in [-0.1, -0.05) is 61.5 Å². The van der Waals surface area contributed by atoms with E-state index in [0.29, 0.717) is 18.3 Å². The highest BCUT2D eigenvalue weighted by Crippen LogP contribution is 2.41. The van der Waals surface area contributed by atoms with Gasteiger partial charge in [0.05, 0.1) is 0 Å². The summed E-state index contributed by atoms with van der Waals surface area (Å²) in [5, 5.41) is 10.1. The number of phenolic OH excluding ortho intramolecular Hbond substituents is 1. The fourth-order valence-electron chi connectivity index (χ4n) is 3.86. The first-order valence-corrected chi connectivity index (χ1v) is 10.3. The molecule has 2 atom stereocenters. The third-order valence-corrected chi connectivity index (χ3v) is 5.35. The lowest BCUT2D eigenvalue weighted by atomic mass is 9.76. The highest BCUT2D eigenvalue weighted by atomic mass is 16.5. The zero-order chi connectivity index (χ0) is 20.6. The maximum Gasteiger partial charge on any atom is 0.119 e. The minimum Gasteiger partial charge on any atom is -0.508 e. The van der Waals surface area contributed by atoms with Gasteiger partial charge in [0.2, 0.25) is 0 Å². The van der Waals surface area contributed by atoms with Crippen molar-refractivity contribution < 1.29 is 9.84 Å². The lowest BCUT2D eigenvalue weighted by Gasteiger charge is -2.28. The second-order valence-corrected chi connectivity index (χ2v) is 7.72. The Kier molecular flexibility index (Phi) is 7.31. The summed E-state index contributed by atoms with van der Waals surface area (Å²) in [7, 11) is 4.08. The summed E-state index contributed by atoms with van der Waals surface area (Å²) in [5.74, 6) is 1.67. The molecule has 0 heterocycles. The molecule has 3 heteroatoms. The summed E-state index contributed by atoms with van der Waals surface area (Å²) in [6, 6.07) is 26.7. The Morgan fingerprint density at radius 2 is 1.52 bits per heavy atom. The maximum atomic E-state index is 10.1. The summed E-state index contributed by atoms with van der Waals surface area (Å²) in [4.78, 5) is 2.11. The van der Waals surface area contributed by atoms with Gasteiger partial charge in [0.1, 0.15) is 18.1 Å². The fourth-order valence-corrected chi connectivity index (χ4v) is 3.86. The molecule has 0 aliphatic rings. The largest absolute Gasteiger partial charge is 0.508 e. The molecule has 0 aliphatic carbocycles. The highest BCUT2D eigenvalue weighted by molar-refractivity contribution is 5.42. The van der Waals surface area contributed by atoms with E-state index in [4.69, 9.17) is 4.74 Å². The fraction of sp³-hybridized carbons (Fsp3) is 0.308. The van der Waals surface area contributed by atoms with Crippen LogP contribution in [-0.4, -0.2) is 37.3 Å². The zero-order valence-electron chi connectivity index (χ0n) is 17.6. The zero-order valence-corrected chi connectivity index (χ0v) is 17.6. The molecule has 29 heavy (non-hydrogen) atoms. The number of likely N-dealkylation sites (N-methyl/N-ethyl adjacent to an activating group) is 1. The van der Waals surface area contributed by atoms with Crippen molar-refractivity contribution in [1.82, 2.24) is 4.90 Å². The van der Waals surface area contributed by atoms with Crippen molar-refractivity contribution in [2.24, 2.45) is 0 Å². The third-order valence-electron chi connectivity index (χ3n) is 5.35. The summed E-state index contributed by atoms with van der Waals surface area (Å²) >= 11 is 0. The quantitative estimate of drug-likeness (QED) is 0.513. The van der Waals surface area contributed by atoms with Crippen molar-refractivity contribution in [3.8, 4) is 11.5 Å². The molecule has 152 valence electrons. The van der Waals surface area contributed by atoms with Gasteiger partial charge in [-0.2, -0.15) is 0 Å². The van der Waals surface area contributed by atoms with Gasteiger partial charge in [-0.05, 0) is 67.4 Å². The summed E-state index contributed by atoms with van der Waals surface area (Å²) in [5.41, 5.74) is 3.67. The molecule has 0 radical (unpaired) electrons. The number of phenols is 1. The van der Waals surface area contributed by atoms with E-state index in [-0.39, 0.29) is 5.92 Å². The van der Waals surface area contributed by atoms with E-state index in [1.807, 2.05) is 26.2 Å². The van der Waals surface area contributed by atoms with Crippen molar-refractivity contribution >= 4 is 0 Å². The number of aromatic hydroxyl groups is 1. The molecule has 0 saturated heterocycles. The second-order valence-electron chi connectivity index (χ2n) is 7.72. The molecule has 3 aromatic rings. The van der Waals surface area contributed by atoms with Crippen LogP contribution in [-0.2, 0) is 0 Å². The number of hydrogen-bond donors (Lipinski definition) is 1. The molecule has 0 spiro atoms. The molecule has 0 aliphatic heterocycles.